The van der Waals surface area contributed by atoms with Crippen LogP contribution in [0.5, 0.6) is 0 Å². The summed E-state index contributed by atoms with van der Waals surface area (Å²) in [5.41, 5.74) is 2.45. The third-order valence-corrected chi connectivity index (χ3v) is 6.16. The summed E-state index contributed by atoms with van der Waals surface area (Å²) in [5.74, 6) is 1.02. The molecule has 0 radical (unpaired) electrons. The molecule has 7 heteroatoms. The number of H-pyrrole nitrogens is 1. The number of para-hydroxylation sites is 2. The van der Waals surface area contributed by atoms with Crippen LogP contribution in [0.25, 0.3) is 11.0 Å². The number of sulfone groups is 1. The van der Waals surface area contributed by atoms with Gasteiger partial charge in [0.2, 0.25) is 0 Å². The summed E-state index contributed by atoms with van der Waals surface area (Å²) in [6, 6.07) is 14.1. The van der Waals surface area contributed by atoms with E-state index in [1.165, 1.54) is 12.1 Å². The van der Waals surface area contributed by atoms with Crippen LogP contribution < -0.4 is 0 Å². The smallest absolute Gasteiger partial charge is 0.253 e. The van der Waals surface area contributed by atoms with Crippen molar-refractivity contribution in [3.05, 3.63) is 59.9 Å². The number of aromatic amines is 1. The zero-order chi connectivity index (χ0) is 19.0. The van der Waals surface area contributed by atoms with E-state index in [2.05, 4.69) is 9.97 Å². The third-order valence-electron chi connectivity index (χ3n) is 5.03. The minimum Gasteiger partial charge on any atom is -0.342 e. The van der Waals surface area contributed by atoms with Crippen molar-refractivity contribution in [2.45, 2.75) is 23.7 Å². The van der Waals surface area contributed by atoms with Crippen molar-refractivity contribution in [1.29, 1.82) is 0 Å². The van der Waals surface area contributed by atoms with Gasteiger partial charge in [-0.3, -0.25) is 4.79 Å². The van der Waals surface area contributed by atoms with Crippen molar-refractivity contribution < 1.29 is 13.2 Å². The first-order chi connectivity index (χ1) is 12.9. The van der Waals surface area contributed by atoms with E-state index < -0.39 is 9.84 Å². The highest BCUT2D eigenvalue weighted by atomic mass is 32.2. The van der Waals surface area contributed by atoms with Gasteiger partial charge in [-0.2, -0.15) is 0 Å². The Labute approximate surface area is 158 Å². The molecule has 0 spiro atoms. The Morgan fingerprint density at radius 2 is 1.89 bits per heavy atom. The first-order valence-corrected chi connectivity index (χ1v) is 10.8. The second-order valence-electron chi connectivity index (χ2n) is 7.03. The van der Waals surface area contributed by atoms with Crippen molar-refractivity contribution in [1.82, 2.24) is 14.9 Å². The summed E-state index contributed by atoms with van der Waals surface area (Å²) in [6.07, 6.45) is 3.05. The number of likely N-dealkylation sites (tertiary alicyclic amines) is 1. The lowest BCUT2D eigenvalue weighted by atomic mass is 9.96. The molecule has 2 aromatic carbocycles. The number of piperidine rings is 1. The predicted octanol–water partition coefficient (Wildman–Crippen LogP) is 2.99. The van der Waals surface area contributed by atoms with Gasteiger partial charge in [-0.25, -0.2) is 13.4 Å². The lowest BCUT2D eigenvalue weighted by Crippen LogP contribution is -2.39. The van der Waals surface area contributed by atoms with E-state index in [-0.39, 0.29) is 16.7 Å². The number of imidazole rings is 1. The zero-order valence-corrected chi connectivity index (χ0v) is 15.9. The van der Waals surface area contributed by atoms with E-state index in [0.29, 0.717) is 18.7 Å². The Hall–Kier alpha value is -2.67. The highest BCUT2D eigenvalue weighted by molar-refractivity contribution is 7.90. The Kier molecular flexibility index (Phi) is 4.47. The molecule has 27 heavy (non-hydrogen) atoms. The van der Waals surface area contributed by atoms with Crippen molar-refractivity contribution in [3.8, 4) is 0 Å². The molecule has 1 aliphatic rings. The van der Waals surface area contributed by atoms with E-state index in [1.807, 2.05) is 29.2 Å². The number of fused-ring (bicyclic) bond motifs is 1. The molecule has 3 aromatic rings. The SMILES string of the molecule is CS(=O)(=O)c1ccc(C(=O)N2CCC[C@H](c3nc4ccccc4[nH]3)C2)cc1. The first kappa shape index (κ1) is 17.7. The van der Waals surface area contributed by atoms with Crippen LogP contribution in [0.4, 0.5) is 0 Å². The van der Waals surface area contributed by atoms with Crippen LogP contribution in [0.2, 0.25) is 0 Å². The van der Waals surface area contributed by atoms with Crippen LogP contribution in [-0.4, -0.2) is 48.5 Å². The minimum absolute atomic E-state index is 0.0733. The normalized spacial score (nSPS) is 18.0. The maximum Gasteiger partial charge on any atom is 0.253 e. The maximum absolute atomic E-state index is 12.9. The fourth-order valence-corrected chi connectivity index (χ4v) is 4.21. The van der Waals surface area contributed by atoms with Crippen molar-refractivity contribution in [2.24, 2.45) is 0 Å². The van der Waals surface area contributed by atoms with Crippen molar-refractivity contribution in [3.63, 3.8) is 0 Å². The number of rotatable bonds is 3. The fourth-order valence-electron chi connectivity index (χ4n) is 3.58. The molecule has 1 amide bonds. The summed E-state index contributed by atoms with van der Waals surface area (Å²) in [7, 11) is -3.27. The lowest BCUT2D eigenvalue weighted by Gasteiger charge is -2.32. The molecule has 0 bridgehead atoms. The number of carbonyl (C=O) groups excluding carboxylic acids is 1. The molecule has 0 unspecified atom stereocenters. The zero-order valence-electron chi connectivity index (χ0n) is 15.1. The number of carbonyl (C=O) groups is 1. The summed E-state index contributed by atoms with van der Waals surface area (Å²) in [6.45, 7) is 1.30. The number of hydrogen-bond acceptors (Lipinski definition) is 4. The minimum atomic E-state index is -3.27. The van der Waals surface area contributed by atoms with Crippen molar-refractivity contribution >= 4 is 26.8 Å². The molecule has 4 rings (SSSR count). The molecule has 6 nitrogen and oxygen atoms in total. The van der Waals surface area contributed by atoms with Gasteiger partial charge in [0.15, 0.2) is 9.84 Å². The van der Waals surface area contributed by atoms with Gasteiger partial charge >= 0.3 is 0 Å². The van der Waals surface area contributed by atoms with E-state index >= 15 is 0 Å². The molecular formula is C20H21N3O3S. The summed E-state index contributed by atoms with van der Waals surface area (Å²) in [5, 5.41) is 0. The standard InChI is InChI=1S/C20H21N3O3S/c1-27(25,26)16-10-8-14(9-11-16)20(24)23-12-4-5-15(13-23)19-21-17-6-2-3-7-18(17)22-19/h2-3,6-11,15H,4-5,12-13H2,1H3,(H,21,22)/t15-/m0/s1. The molecule has 140 valence electrons. The Balaban J connectivity index is 1.53. The molecule has 1 aliphatic heterocycles. The monoisotopic (exact) mass is 383 g/mol. The van der Waals surface area contributed by atoms with Crippen LogP contribution >= 0.6 is 0 Å². The van der Waals surface area contributed by atoms with Gasteiger partial charge in [0.1, 0.15) is 5.82 Å². The Morgan fingerprint density at radius 1 is 1.15 bits per heavy atom. The molecule has 0 saturated carbocycles. The summed E-state index contributed by atoms with van der Waals surface area (Å²) < 4.78 is 23.2. The highest BCUT2D eigenvalue weighted by Gasteiger charge is 2.27. The molecule has 0 aliphatic carbocycles. The van der Waals surface area contributed by atoms with E-state index in [0.717, 1.165) is 36.0 Å². The van der Waals surface area contributed by atoms with Crippen LogP contribution in [0.1, 0.15) is 34.9 Å². The van der Waals surface area contributed by atoms with Crippen LogP contribution in [-0.2, 0) is 9.84 Å². The summed E-state index contributed by atoms with van der Waals surface area (Å²) in [4.78, 5) is 23.0. The quantitative estimate of drug-likeness (QED) is 0.754. The maximum atomic E-state index is 12.9. The van der Waals surface area contributed by atoms with Crippen molar-refractivity contribution in [2.75, 3.05) is 19.3 Å². The molecule has 1 saturated heterocycles. The summed E-state index contributed by atoms with van der Waals surface area (Å²) >= 11 is 0. The average Bonchev–Trinajstić information content (AvgIpc) is 3.11. The number of hydrogen-bond donors (Lipinski definition) is 1. The van der Waals surface area contributed by atoms with Gasteiger partial charge in [0.05, 0.1) is 15.9 Å². The fraction of sp³-hybridized carbons (Fsp3) is 0.300. The number of amides is 1. The van der Waals surface area contributed by atoms with Crippen LogP contribution in [0, 0.1) is 0 Å². The van der Waals surface area contributed by atoms with Crippen LogP contribution in [0.15, 0.2) is 53.4 Å². The third kappa shape index (κ3) is 3.60. The van der Waals surface area contributed by atoms with Gasteiger partial charge in [0.25, 0.3) is 5.91 Å². The van der Waals surface area contributed by atoms with Gasteiger partial charge in [-0.05, 0) is 49.2 Å². The molecule has 1 N–H and O–H groups in total. The van der Waals surface area contributed by atoms with E-state index in [1.54, 1.807) is 12.1 Å². The lowest BCUT2D eigenvalue weighted by molar-refractivity contribution is 0.0705. The Bertz CT molecular complexity index is 1050. The Morgan fingerprint density at radius 3 is 2.59 bits per heavy atom. The molecule has 1 fully saturated rings. The molecule has 2 heterocycles. The van der Waals surface area contributed by atoms with Gasteiger partial charge in [0, 0.05) is 30.8 Å². The second-order valence-corrected chi connectivity index (χ2v) is 9.04. The number of aromatic nitrogens is 2. The van der Waals surface area contributed by atoms with E-state index in [9.17, 15) is 13.2 Å². The average molecular weight is 383 g/mol. The van der Waals surface area contributed by atoms with Gasteiger partial charge < -0.3 is 9.88 Å². The number of nitrogens with zero attached hydrogens (tertiary/aromatic N) is 2. The predicted molar refractivity (Wildman–Crippen MR) is 104 cm³/mol. The first-order valence-electron chi connectivity index (χ1n) is 8.96. The van der Waals surface area contributed by atoms with Gasteiger partial charge in [-0.15, -0.1) is 0 Å². The second kappa shape index (κ2) is 6.81. The van der Waals surface area contributed by atoms with Crippen LogP contribution in [0.3, 0.4) is 0 Å². The van der Waals surface area contributed by atoms with Gasteiger partial charge in [-0.1, -0.05) is 12.1 Å². The molecular weight excluding hydrogens is 362 g/mol. The largest absolute Gasteiger partial charge is 0.342 e. The highest BCUT2D eigenvalue weighted by Crippen LogP contribution is 2.27. The molecule has 1 atom stereocenters. The number of nitrogens with one attached hydrogen (secondary N) is 1. The topological polar surface area (TPSA) is 83.1 Å². The molecule has 1 aromatic heterocycles. The van der Waals surface area contributed by atoms with E-state index in [4.69, 9.17) is 0 Å². The number of benzene rings is 2.